The second kappa shape index (κ2) is 15.4. The molecule has 1 aromatic carbocycles. The van der Waals surface area contributed by atoms with Gasteiger partial charge in [0, 0.05) is 85.8 Å². The van der Waals surface area contributed by atoms with Crippen molar-refractivity contribution in [3.8, 4) is 0 Å². The van der Waals surface area contributed by atoms with Gasteiger partial charge in [-0.2, -0.15) is 4.99 Å². The Bertz CT molecular complexity index is 2130. The van der Waals surface area contributed by atoms with Crippen molar-refractivity contribution < 1.29 is 22.7 Å². The molecule has 1 aliphatic carbocycles. The number of amides is 1. The summed E-state index contributed by atoms with van der Waals surface area (Å²) >= 11 is 0. The summed E-state index contributed by atoms with van der Waals surface area (Å²) in [6, 6.07) is 11.2. The van der Waals surface area contributed by atoms with E-state index in [0.29, 0.717) is 24.2 Å². The van der Waals surface area contributed by atoms with E-state index >= 15 is 13.2 Å². The third kappa shape index (κ3) is 9.03. The van der Waals surface area contributed by atoms with Crippen molar-refractivity contribution in [3.05, 3.63) is 93.5 Å². The minimum absolute atomic E-state index is 0.0267. The van der Waals surface area contributed by atoms with Crippen LogP contribution in [0.2, 0.25) is 0 Å². The van der Waals surface area contributed by atoms with E-state index in [0.717, 1.165) is 67.6 Å². The number of alkyl halides is 2. The molecule has 2 saturated heterocycles. The zero-order valence-corrected chi connectivity index (χ0v) is 32.3. The Balaban J connectivity index is 1.17. The van der Waals surface area contributed by atoms with Gasteiger partial charge < -0.3 is 19.1 Å². The molecule has 0 spiro atoms. The average molecular weight is 758 g/mol. The SMILES string of the molecule is Cc1ccc(N2CCC[C@H](N(Cc3ccnc(C)c3)Cc3cn(C4CC4)c4cc(N5CCC(/C=N/C(=O)OC(C)(C)C)C(F)(F)C5)c(F)cc4c3=O)C2)cn1. The first kappa shape index (κ1) is 38.5. The molecule has 7 rings (SSSR count). The second-order valence-corrected chi connectivity index (χ2v) is 16.4. The predicted molar refractivity (Wildman–Crippen MR) is 209 cm³/mol. The van der Waals surface area contributed by atoms with Crippen molar-refractivity contribution in [1.82, 2.24) is 19.4 Å². The lowest BCUT2D eigenvalue weighted by Gasteiger charge is -2.40. The van der Waals surface area contributed by atoms with Gasteiger partial charge in [0.2, 0.25) is 0 Å². The van der Waals surface area contributed by atoms with Gasteiger partial charge in [0.1, 0.15) is 11.4 Å². The van der Waals surface area contributed by atoms with Gasteiger partial charge in [-0.05, 0) is 109 Å². The van der Waals surface area contributed by atoms with Crippen LogP contribution in [0.15, 0.2) is 64.8 Å². The molecular formula is C42H50F3N7O3. The topological polar surface area (TPSA) is 96.2 Å². The van der Waals surface area contributed by atoms with E-state index < -0.39 is 35.9 Å². The number of nitrogens with zero attached hydrogens (tertiary/aromatic N) is 7. The summed E-state index contributed by atoms with van der Waals surface area (Å²) < 4.78 is 54.2. The summed E-state index contributed by atoms with van der Waals surface area (Å²) in [5.41, 5.74) is 4.12. The summed E-state index contributed by atoms with van der Waals surface area (Å²) in [5.74, 6) is -5.32. The number of halogens is 3. The molecule has 5 heterocycles. The number of aliphatic imine (C=N–C) groups is 1. The molecule has 0 radical (unpaired) electrons. The first-order valence-corrected chi connectivity index (χ1v) is 19.2. The zero-order chi connectivity index (χ0) is 39.1. The third-order valence-electron chi connectivity index (χ3n) is 10.8. The lowest BCUT2D eigenvalue weighted by Crippen LogP contribution is -2.49. The average Bonchev–Trinajstić information content (AvgIpc) is 3.97. The van der Waals surface area contributed by atoms with Gasteiger partial charge in [0.05, 0.1) is 35.6 Å². The van der Waals surface area contributed by atoms with Crippen LogP contribution < -0.4 is 15.2 Å². The molecule has 13 heteroatoms. The van der Waals surface area contributed by atoms with E-state index in [4.69, 9.17) is 4.74 Å². The maximum absolute atomic E-state index is 16.1. The highest BCUT2D eigenvalue weighted by molar-refractivity contribution is 5.84. The second-order valence-electron chi connectivity index (χ2n) is 16.4. The highest BCUT2D eigenvalue weighted by atomic mass is 19.3. The minimum Gasteiger partial charge on any atom is -0.442 e. The van der Waals surface area contributed by atoms with Crippen LogP contribution in [0.1, 0.15) is 81.4 Å². The van der Waals surface area contributed by atoms with Crippen LogP contribution in [0, 0.1) is 25.6 Å². The number of aryl methyl sites for hydroxylation is 2. The molecule has 10 nitrogen and oxygen atoms in total. The highest BCUT2D eigenvalue weighted by Gasteiger charge is 2.45. The van der Waals surface area contributed by atoms with Crippen molar-refractivity contribution in [2.75, 3.05) is 36.0 Å². The number of pyridine rings is 3. The van der Waals surface area contributed by atoms with Gasteiger partial charge in [-0.15, -0.1) is 0 Å². The Hall–Kier alpha value is -4.78. The number of carbonyl (C=O) groups is 1. The molecule has 3 aliphatic rings. The first-order chi connectivity index (χ1) is 26.1. The van der Waals surface area contributed by atoms with Gasteiger partial charge in [-0.1, -0.05) is 0 Å². The molecular weight excluding hydrogens is 708 g/mol. The molecule has 0 N–H and O–H groups in total. The molecule has 3 aromatic heterocycles. The van der Waals surface area contributed by atoms with Crippen molar-refractivity contribution in [2.24, 2.45) is 10.9 Å². The number of anilines is 2. The van der Waals surface area contributed by atoms with Crippen LogP contribution in [-0.4, -0.2) is 75.5 Å². The largest absolute Gasteiger partial charge is 0.442 e. The van der Waals surface area contributed by atoms with Crippen molar-refractivity contribution in [3.63, 3.8) is 0 Å². The minimum atomic E-state index is -3.29. The zero-order valence-electron chi connectivity index (χ0n) is 32.3. The number of aromatic nitrogens is 3. The van der Waals surface area contributed by atoms with E-state index in [1.54, 1.807) is 33.0 Å². The van der Waals surface area contributed by atoms with E-state index in [2.05, 4.69) is 36.9 Å². The standard InChI is InChI=1S/C42H50F3N7O3/c1-27-8-9-33(21-47-27)49-15-6-7-34(25-49)51(22-29-12-14-46-28(2)17-29)23-30-24-52(32-10-11-32)37-19-38(36(43)18-35(37)39(30)53)50-16-13-31(42(44,45)26-50)20-48-40(54)55-41(3,4)5/h8-9,12,14,17-21,24,31-32,34H,6-7,10-11,13,15-16,22-23,25-26H2,1-5H3/b48-20+/t31?,34-/m0/s1. The number of hydrogen-bond donors (Lipinski definition) is 0. The lowest BCUT2D eigenvalue weighted by molar-refractivity contribution is -0.0369. The van der Waals surface area contributed by atoms with Gasteiger partial charge in [-0.25, -0.2) is 18.0 Å². The molecule has 292 valence electrons. The molecule has 1 amide bonds. The fourth-order valence-corrected chi connectivity index (χ4v) is 7.81. The lowest BCUT2D eigenvalue weighted by atomic mass is 9.93. The summed E-state index contributed by atoms with van der Waals surface area (Å²) in [6.45, 7) is 11.0. The van der Waals surface area contributed by atoms with Crippen molar-refractivity contribution in [2.45, 2.75) is 103 Å². The number of carbonyl (C=O) groups excluding carboxylic acids is 1. The fourth-order valence-electron chi connectivity index (χ4n) is 7.81. The summed E-state index contributed by atoms with van der Waals surface area (Å²) in [6.07, 6.45) is 9.37. The Morgan fingerprint density at radius 2 is 1.82 bits per heavy atom. The van der Waals surface area contributed by atoms with Gasteiger partial charge in [0.25, 0.3) is 5.92 Å². The van der Waals surface area contributed by atoms with Crippen LogP contribution in [0.5, 0.6) is 0 Å². The van der Waals surface area contributed by atoms with Crippen LogP contribution >= 0.6 is 0 Å². The molecule has 55 heavy (non-hydrogen) atoms. The number of fused-ring (bicyclic) bond motifs is 1. The van der Waals surface area contributed by atoms with E-state index in [1.165, 1.54) is 11.0 Å². The number of hydrogen-bond acceptors (Lipinski definition) is 8. The number of benzene rings is 1. The van der Waals surface area contributed by atoms with Crippen molar-refractivity contribution in [1.29, 1.82) is 0 Å². The fraction of sp³-hybridized carbons (Fsp3) is 0.500. The summed E-state index contributed by atoms with van der Waals surface area (Å²) in [4.78, 5) is 45.0. The molecule has 2 aliphatic heterocycles. The van der Waals surface area contributed by atoms with E-state index in [1.807, 2.05) is 42.9 Å². The first-order valence-electron chi connectivity index (χ1n) is 19.2. The molecule has 0 bridgehead atoms. The highest BCUT2D eigenvalue weighted by Crippen LogP contribution is 2.40. The Kier molecular flexibility index (Phi) is 10.8. The molecule has 4 aromatic rings. The number of piperidine rings is 2. The van der Waals surface area contributed by atoms with E-state index in [-0.39, 0.29) is 41.6 Å². The quantitative estimate of drug-likeness (QED) is 0.159. The normalized spacial score (nSPS) is 20.5. The Morgan fingerprint density at radius 3 is 2.51 bits per heavy atom. The van der Waals surface area contributed by atoms with Crippen LogP contribution in [0.4, 0.5) is 29.3 Å². The maximum Gasteiger partial charge on any atom is 0.433 e. The van der Waals surface area contributed by atoms with Gasteiger partial charge >= 0.3 is 6.09 Å². The van der Waals surface area contributed by atoms with Crippen molar-refractivity contribution >= 4 is 34.6 Å². The Morgan fingerprint density at radius 1 is 1.02 bits per heavy atom. The van der Waals surface area contributed by atoms with E-state index in [9.17, 15) is 9.59 Å². The smallest absolute Gasteiger partial charge is 0.433 e. The molecule has 2 atom stereocenters. The molecule has 1 saturated carbocycles. The molecule has 1 unspecified atom stereocenters. The number of ether oxygens (including phenoxy) is 1. The third-order valence-corrected chi connectivity index (χ3v) is 10.8. The maximum atomic E-state index is 16.1. The van der Waals surface area contributed by atoms with Gasteiger partial charge in [0.15, 0.2) is 5.43 Å². The van der Waals surface area contributed by atoms with Gasteiger partial charge in [-0.3, -0.25) is 19.7 Å². The number of rotatable bonds is 9. The Labute approximate surface area is 320 Å². The summed E-state index contributed by atoms with van der Waals surface area (Å²) in [5, 5.41) is 0.243. The monoisotopic (exact) mass is 757 g/mol. The predicted octanol–water partition coefficient (Wildman–Crippen LogP) is 8.02. The van der Waals surface area contributed by atoms with Crippen LogP contribution in [-0.2, 0) is 17.8 Å². The summed E-state index contributed by atoms with van der Waals surface area (Å²) in [7, 11) is 0. The molecule has 3 fully saturated rings. The van der Waals surface area contributed by atoms with Crippen LogP contribution in [0.3, 0.4) is 0 Å². The van der Waals surface area contributed by atoms with Crippen LogP contribution in [0.25, 0.3) is 10.9 Å².